The van der Waals surface area contributed by atoms with Crippen molar-refractivity contribution in [3.63, 3.8) is 0 Å². The van der Waals surface area contributed by atoms with Gasteiger partial charge in [-0.1, -0.05) is 0 Å². The van der Waals surface area contributed by atoms with Crippen molar-refractivity contribution in [3.8, 4) is 0 Å². The molecule has 5 nitrogen and oxygen atoms in total. The van der Waals surface area contributed by atoms with Gasteiger partial charge >= 0.3 is 0 Å². The van der Waals surface area contributed by atoms with Crippen molar-refractivity contribution in [2.24, 2.45) is 0 Å². The van der Waals surface area contributed by atoms with Gasteiger partial charge in [-0.25, -0.2) is 0 Å². The summed E-state index contributed by atoms with van der Waals surface area (Å²) in [5.41, 5.74) is 0. The van der Waals surface area contributed by atoms with E-state index in [-0.39, 0.29) is 30.0 Å². The van der Waals surface area contributed by atoms with Gasteiger partial charge in [0.05, 0.1) is 6.10 Å². The zero-order valence-electron chi connectivity index (χ0n) is 12.2. The molecule has 112 valence electrons. The highest BCUT2D eigenvalue weighted by atomic mass is 16.5. The lowest BCUT2D eigenvalue weighted by molar-refractivity contribution is -0.144. The molecule has 0 spiro atoms. The molecule has 0 bridgehead atoms. The first-order valence-electron chi connectivity index (χ1n) is 7.83. The molecule has 3 unspecified atom stereocenters. The van der Waals surface area contributed by atoms with Gasteiger partial charge in [0.1, 0.15) is 6.04 Å². The largest absolute Gasteiger partial charge is 0.381 e. The minimum atomic E-state index is -0.194. The smallest absolute Gasteiger partial charge is 0.245 e. The first kappa shape index (κ1) is 13.9. The fourth-order valence-corrected chi connectivity index (χ4v) is 3.93. The summed E-state index contributed by atoms with van der Waals surface area (Å²) in [5, 5.41) is 0. The van der Waals surface area contributed by atoms with Crippen LogP contribution in [0, 0.1) is 0 Å². The Bertz CT molecular complexity index is 399. The lowest BCUT2D eigenvalue weighted by Gasteiger charge is -2.36. The molecule has 0 N–H and O–H groups in total. The first-order chi connectivity index (χ1) is 9.70. The average molecular weight is 280 g/mol. The molecular formula is C15H24N2O3. The summed E-state index contributed by atoms with van der Waals surface area (Å²) in [4.78, 5) is 28.8. The summed E-state index contributed by atoms with van der Waals surface area (Å²) in [7, 11) is 1.74. The van der Waals surface area contributed by atoms with Crippen LogP contribution in [-0.2, 0) is 14.3 Å². The molecule has 2 heterocycles. The van der Waals surface area contributed by atoms with Gasteiger partial charge in [-0.3, -0.25) is 9.59 Å². The molecule has 3 atom stereocenters. The van der Waals surface area contributed by atoms with Crippen LogP contribution in [0.5, 0.6) is 0 Å². The molecule has 1 saturated carbocycles. The molecule has 5 heteroatoms. The summed E-state index contributed by atoms with van der Waals surface area (Å²) in [6, 6.07) is 0.0717. The van der Waals surface area contributed by atoms with E-state index in [2.05, 4.69) is 0 Å². The van der Waals surface area contributed by atoms with Gasteiger partial charge in [0.25, 0.3) is 0 Å². The molecule has 2 amide bonds. The molecule has 1 aliphatic carbocycles. The molecule has 0 aromatic carbocycles. The number of piperidine rings is 1. The predicted octanol–water partition coefficient (Wildman–Crippen LogP) is 1.17. The number of hydrogen-bond acceptors (Lipinski definition) is 3. The van der Waals surface area contributed by atoms with Crippen molar-refractivity contribution >= 4 is 11.8 Å². The normalized spacial score (nSPS) is 35.1. The molecule has 3 rings (SSSR count). The average Bonchev–Trinajstić information content (AvgIpc) is 2.91. The lowest BCUT2D eigenvalue weighted by atomic mass is 10.0. The topological polar surface area (TPSA) is 49.9 Å². The van der Waals surface area contributed by atoms with E-state index >= 15 is 0 Å². The van der Waals surface area contributed by atoms with Gasteiger partial charge in [-0.15, -0.1) is 0 Å². The van der Waals surface area contributed by atoms with Gasteiger partial charge < -0.3 is 14.5 Å². The van der Waals surface area contributed by atoms with Crippen LogP contribution in [0.1, 0.15) is 44.9 Å². The number of hydrogen-bond donors (Lipinski definition) is 0. The van der Waals surface area contributed by atoms with E-state index in [0.717, 1.165) is 45.1 Å². The van der Waals surface area contributed by atoms with Crippen LogP contribution in [0.4, 0.5) is 0 Å². The Balaban J connectivity index is 1.75. The van der Waals surface area contributed by atoms with E-state index in [1.807, 2.05) is 9.80 Å². The third-order valence-corrected chi connectivity index (χ3v) is 5.09. The van der Waals surface area contributed by atoms with Crippen LogP contribution in [-0.4, -0.2) is 60.0 Å². The molecule has 20 heavy (non-hydrogen) atoms. The fourth-order valence-electron chi connectivity index (χ4n) is 3.93. The van der Waals surface area contributed by atoms with E-state index < -0.39 is 0 Å². The molecule has 3 aliphatic rings. The van der Waals surface area contributed by atoms with Crippen molar-refractivity contribution in [1.29, 1.82) is 0 Å². The Morgan fingerprint density at radius 3 is 2.65 bits per heavy atom. The van der Waals surface area contributed by atoms with Gasteiger partial charge in [0, 0.05) is 32.7 Å². The standard InChI is InChI=1S/C15H24N2O3/c1-20-12-6-5-11(10-12)16-9-7-14(18)17-8-3-2-4-13(17)15(16)19/h11-13H,2-10H2,1H3. The summed E-state index contributed by atoms with van der Waals surface area (Å²) in [6.45, 7) is 1.35. The van der Waals surface area contributed by atoms with Crippen molar-refractivity contribution in [3.05, 3.63) is 0 Å². The Kier molecular flexibility index (Phi) is 3.96. The number of carbonyl (C=O) groups excluding carboxylic acids is 2. The van der Waals surface area contributed by atoms with Crippen LogP contribution >= 0.6 is 0 Å². The summed E-state index contributed by atoms with van der Waals surface area (Å²) < 4.78 is 5.41. The summed E-state index contributed by atoms with van der Waals surface area (Å²) in [5.74, 6) is 0.337. The zero-order chi connectivity index (χ0) is 14.1. The Morgan fingerprint density at radius 1 is 1.05 bits per heavy atom. The Hall–Kier alpha value is -1.10. The maximum absolute atomic E-state index is 12.8. The maximum Gasteiger partial charge on any atom is 0.245 e. The van der Waals surface area contributed by atoms with Crippen LogP contribution in [0.3, 0.4) is 0 Å². The third-order valence-electron chi connectivity index (χ3n) is 5.09. The summed E-state index contributed by atoms with van der Waals surface area (Å²) in [6.07, 6.45) is 6.62. The number of ether oxygens (including phenoxy) is 1. The van der Waals surface area contributed by atoms with E-state index in [0.29, 0.717) is 13.0 Å². The van der Waals surface area contributed by atoms with Crippen LogP contribution < -0.4 is 0 Å². The second-order valence-corrected chi connectivity index (χ2v) is 6.20. The quantitative estimate of drug-likeness (QED) is 0.763. The number of carbonyl (C=O) groups is 2. The maximum atomic E-state index is 12.8. The molecule has 0 aromatic heterocycles. The van der Waals surface area contributed by atoms with Crippen molar-refractivity contribution < 1.29 is 14.3 Å². The SMILES string of the molecule is COC1CCC(N2CCC(=O)N3CCCCC3C2=O)C1. The molecule has 3 fully saturated rings. The zero-order valence-corrected chi connectivity index (χ0v) is 12.2. The van der Waals surface area contributed by atoms with Crippen LogP contribution in [0.25, 0.3) is 0 Å². The fraction of sp³-hybridized carbons (Fsp3) is 0.867. The molecule has 2 saturated heterocycles. The third kappa shape index (κ3) is 2.43. The highest BCUT2D eigenvalue weighted by molar-refractivity contribution is 5.90. The Morgan fingerprint density at radius 2 is 1.90 bits per heavy atom. The highest BCUT2D eigenvalue weighted by Gasteiger charge is 2.41. The minimum absolute atomic E-state index is 0.159. The number of fused-ring (bicyclic) bond motifs is 1. The van der Waals surface area contributed by atoms with E-state index in [1.54, 1.807) is 7.11 Å². The van der Waals surface area contributed by atoms with Gasteiger partial charge in [0.15, 0.2) is 0 Å². The van der Waals surface area contributed by atoms with Crippen LogP contribution in [0.2, 0.25) is 0 Å². The molecule has 0 radical (unpaired) electrons. The minimum Gasteiger partial charge on any atom is -0.381 e. The molecule has 2 aliphatic heterocycles. The highest BCUT2D eigenvalue weighted by Crippen LogP contribution is 2.30. The summed E-state index contributed by atoms with van der Waals surface area (Å²) >= 11 is 0. The van der Waals surface area contributed by atoms with E-state index in [9.17, 15) is 9.59 Å². The predicted molar refractivity (Wildman–Crippen MR) is 74.1 cm³/mol. The van der Waals surface area contributed by atoms with Crippen LogP contribution in [0.15, 0.2) is 0 Å². The second-order valence-electron chi connectivity index (χ2n) is 6.20. The lowest BCUT2D eigenvalue weighted by Crippen LogP contribution is -2.51. The van der Waals surface area contributed by atoms with E-state index in [1.165, 1.54) is 0 Å². The van der Waals surface area contributed by atoms with Gasteiger partial charge in [-0.2, -0.15) is 0 Å². The first-order valence-corrected chi connectivity index (χ1v) is 7.83. The number of rotatable bonds is 2. The number of amides is 2. The van der Waals surface area contributed by atoms with Crippen molar-refractivity contribution in [1.82, 2.24) is 9.80 Å². The van der Waals surface area contributed by atoms with Crippen molar-refractivity contribution in [2.45, 2.75) is 63.1 Å². The Labute approximate surface area is 120 Å². The number of nitrogens with zero attached hydrogens (tertiary/aromatic N) is 2. The molecular weight excluding hydrogens is 256 g/mol. The monoisotopic (exact) mass is 280 g/mol. The number of methoxy groups -OCH3 is 1. The molecule has 0 aromatic rings. The second kappa shape index (κ2) is 5.72. The van der Waals surface area contributed by atoms with E-state index in [4.69, 9.17) is 4.74 Å². The van der Waals surface area contributed by atoms with Crippen molar-refractivity contribution in [2.75, 3.05) is 20.2 Å². The van der Waals surface area contributed by atoms with Gasteiger partial charge in [-0.05, 0) is 38.5 Å². The van der Waals surface area contributed by atoms with Gasteiger partial charge in [0.2, 0.25) is 11.8 Å².